The molecule has 2 aromatic rings. The predicted molar refractivity (Wildman–Crippen MR) is 54.0 cm³/mol. The Kier molecular flexibility index (Phi) is 2.90. The van der Waals surface area contributed by atoms with Gasteiger partial charge in [-0.3, -0.25) is 4.79 Å². The van der Waals surface area contributed by atoms with Crippen LogP contribution in [0.4, 0.5) is 4.39 Å². The number of H-pyrrole nitrogens is 1. The van der Waals surface area contributed by atoms with Crippen molar-refractivity contribution < 1.29 is 9.18 Å². The summed E-state index contributed by atoms with van der Waals surface area (Å²) in [5.74, 6) is -0.186. The van der Waals surface area contributed by atoms with Gasteiger partial charge in [0.2, 0.25) is 0 Å². The van der Waals surface area contributed by atoms with Crippen molar-refractivity contribution in [3.63, 3.8) is 0 Å². The molecule has 2 rings (SSSR count). The van der Waals surface area contributed by atoms with Crippen molar-refractivity contribution >= 4 is 5.91 Å². The molecule has 0 radical (unpaired) electrons. The average molecular weight is 220 g/mol. The number of carbonyl (C=O) groups is 1. The number of nitrogens with zero attached hydrogens (tertiary/aromatic N) is 2. The minimum atomic E-state index is -0.470. The lowest BCUT2D eigenvalue weighted by atomic mass is 10.3. The normalized spacial score (nSPS) is 10.1. The van der Waals surface area contributed by atoms with E-state index in [0.717, 1.165) is 6.20 Å². The van der Waals surface area contributed by atoms with Gasteiger partial charge in [0.05, 0.1) is 12.7 Å². The molecule has 0 aliphatic carbocycles. The summed E-state index contributed by atoms with van der Waals surface area (Å²) in [6, 6.07) is 2.52. The van der Waals surface area contributed by atoms with Crippen LogP contribution in [0, 0.1) is 5.82 Å². The van der Waals surface area contributed by atoms with Crippen LogP contribution in [-0.4, -0.2) is 20.9 Å². The summed E-state index contributed by atoms with van der Waals surface area (Å²) in [5, 5.41) is 2.60. The van der Waals surface area contributed by atoms with E-state index in [2.05, 4.69) is 20.3 Å². The van der Waals surface area contributed by atoms with E-state index < -0.39 is 5.82 Å². The van der Waals surface area contributed by atoms with E-state index in [-0.39, 0.29) is 18.1 Å². The van der Waals surface area contributed by atoms with E-state index in [1.165, 1.54) is 12.1 Å². The van der Waals surface area contributed by atoms with Crippen molar-refractivity contribution in [2.24, 2.45) is 0 Å². The molecule has 6 heteroatoms. The van der Waals surface area contributed by atoms with E-state index >= 15 is 0 Å². The third kappa shape index (κ3) is 2.41. The standard InChI is InChI=1S/C10H9FN4O/c11-7-1-2-8(14-5-7)10(16)15-6-9-12-3-4-13-9/h1-5H,6H2,(H,12,13)(H,15,16). The molecule has 0 aliphatic rings. The fourth-order valence-electron chi connectivity index (χ4n) is 1.16. The van der Waals surface area contributed by atoms with Gasteiger partial charge in [-0.15, -0.1) is 0 Å². The Bertz CT molecular complexity index is 466. The molecule has 0 spiro atoms. The molecule has 2 heterocycles. The summed E-state index contributed by atoms with van der Waals surface area (Å²) in [7, 11) is 0. The molecule has 0 saturated carbocycles. The summed E-state index contributed by atoms with van der Waals surface area (Å²) >= 11 is 0. The number of hydrogen-bond acceptors (Lipinski definition) is 3. The maximum atomic E-state index is 12.6. The SMILES string of the molecule is O=C(NCc1ncc[nH]1)c1ccc(F)cn1. The number of pyridine rings is 1. The molecule has 16 heavy (non-hydrogen) atoms. The highest BCUT2D eigenvalue weighted by molar-refractivity contribution is 5.92. The number of rotatable bonds is 3. The molecule has 2 aromatic heterocycles. The lowest BCUT2D eigenvalue weighted by Gasteiger charge is -2.01. The summed E-state index contributed by atoms with van der Waals surface area (Å²) in [5.41, 5.74) is 0.174. The van der Waals surface area contributed by atoms with E-state index in [1.807, 2.05) is 0 Å². The highest BCUT2D eigenvalue weighted by Crippen LogP contribution is 1.98. The Hall–Kier alpha value is -2.24. The van der Waals surface area contributed by atoms with Gasteiger partial charge in [0, 0.05) is 12.4 Å². The molecule has 0 bridgehead atoms. The van der Waals surface area contributed by atoms with Crippen LogP contribution in [0.1, 0.15) is 16.3 Å². The van der Waals surface area contributed by atoms with Gasteiger partial charge in [-0.1, -0.05) is 0 Å². The molecule has 0 saturated heterocycles. The molecule has 0 unspecified atom stereocenters. The van der Waals surface area contributed by atoms with Crippen molar-refractivity contribution in [2.45, 2.75) is 6.54 Å². The van der Waals surface area contributed by atoms with E-state index in [1.54, 1.807) is 12.4 Å². The lowest BCUT2D eigenvalue weighted by Crippen LogP contribution is -2.24. The van der Waals surface area contributed by atoms with Gasteiger partial charge in [0.25, 0.3) is 5.91 Å². The van der Waals surface area contributed by atoms with Gasteiger partial charge in [-0.05, 0) is 12.1 Å². The Morgan fingerprint density at radius 1 is 1.44 bits per heavy atom. The molecule has 5 nitrogen and oxygen atoms in total. The average Bonchev–Trinajstić information content (AvgIpc) is 2.80. The minimum Gasteiger partial charge on any atom is -0.347 e. The zero-order valence-electron chi connectivity index (χ0n) is 8.27. The molecule has 1 amide bonds. The second kappa shape index (κ2) is 4.52. The van der Waals surface area contributed by atoms with Crippen LogP contribution in [0.5, 0.6) is 0 Å². The number of halogens is 1. The molecular weight excluding hydrogens is 211 g/mol. The van der Waals surface area contributed by atoms with Gasteiger partial charge in [0.1, 0.15) is 17.3 Å². The molecular formula is C10H9FN4O. The Balaban J connectivity index is 1.95. The van der Waals surface area contributed by atoms with Gasteiger partial charge >= 0.3 is 0 Å². The smallest absolute Gasteiger partial charge is 0.270 e. The predicted octanol–water partition coefficient (Wildman–Crippen LogP) is 0.874. The Morgan fingerprint density at radius 2 is 2.31 bits per heavy atom. The number of amides is 1. The third-order valence-electron chi connectivity index (χ3n) is 1.93. The second-order valence-corrected chi connectivity index (χ2v) is 3.08. The van der Waals surface area contributed by atoms with Gasteiger partial charge in [-0.25, -0.2) is 14.4 Å². The number of nitrogens with one attached hydrogen (secondary N) is 2. The maximum Gasteiger partial charge on any atom is 0.270 e. The monoisotopic (exact) mass is 220 g/mol. The fraction of sp³-hybridized carbons (Fsp3) is 0.100. The number of carbonyl (C=O) groups excluding carboxylic acids is 1. The topological polar surface area (TPSA) is 70.7 Å². The van der Waals surface area contributed by atoms with Crippen molar-refractivity contribution in [1.82, 2.24) is 20.3 Å². The van der Waals surface area contributed by atoms with Crippen molar-refractivity contribution in [1.29, 1.82) is 0 Å². The first-order valence-corrected chi connectivity index (χ1v) is 4.64. The van der Waals surface area contributed by atoms with Crippen LogP contribution in [-0.2, 0) is 6.54 Å². The highest BCUT2D eigenvalue weighted by atomic mass is 19.1. The Labute approximate surface area is 90.7 Å². The zero-order chi connectivity index (χ0) is 11.4. The molecule has 82 valence electrons. The summed E-state index contributed by atoms with van der Waals surface area (Å²) in [6.07, 6.45) is 4.26. The summed E-state index contributed by atoms with van der Waals surface area (Å²) in [6.45, 7) is 0.283. The van der Waals surface area contributed by atoms with Crippen LogP contribution in [0.15, 0.2) is 30.7 Å². The van der Waals surface area contributed by atoms with Crippen molar-refractivity contribution in [3.05, 3.63) is 48.1 Å². The lowest BCUT2D eigenvalue weighted by molar-refractivity contribution is 0.0945. The first-order valence-electron chi connectivity index (χ1n) is 4.64. The number of hydrogen-bond donors (Lipinski definition) is 2. The van der Waals surface area contributed by atoms with Crippen molar-refractivity contribution in [2.75, 3.05) is 0 Å². The first-order chi connectivity index (χ1) is 7.75. The van der Waals surface area contributed by atoms with E-state index in [9.17, 15) is 9.18 Å². The van der Waals surface area contributed by atoms with E-state index in [4.69, 9.17) is 0 Å². The maximum absolute atomic E-state index is 12.6. The molecule has 2 N–H and O–H groups in total. The first kappa shape index (κ1) is 10.3. The summed E-state index contributed by atoms with van der Waals surface area (Å²) in [4.78, 5) is 22.0. The van der Waals surface area contributed by atoms with Crippen LogP contribution >= 0.6 is 0 Å². The number of aromatic nitrogens is 3. The molecule has 0 aliphatic heterocycles. The summed E-state index contributed by atoms with van der Waals surface area (Å²) < 4.78 is 12.6. The van der Waals surface area contributed by atoms with Crippen molar-refractivity contribution in [3.8, 4) is 0 Å². The third-order valence-corrected chi connectivity index (χ3v) is 1.93. The van der Waals surface area contributed by atoms with Gasteiger partial charge < -0.3 is 10.3 Å². The molecule has 0 aromatic carbocycles. The van der Waals surface area contributed by atoms with Gasteiger partial charge in [0.15, 0.2) is 0 Å². The number of aromatic amines is 1. The van der Waals surface area contributed by atoms with Crippen LogP contribution in [0.25, 0.3) is 0 Å². The number of imidazole rings is 1. The van der Waals surface area contributed by atoms with Gasteiger partial charge in [-0.2, -0.15) is 0 Å². The largest absolute Gasteiger partial charge is 0.347 e. The quantitative estimate of drug-likeness (QED) is 0.806. The molecule has 0 atom stereocenters. The minimum absolute atomic E-state index is 0.174. The fourth-order valence-corrected chi connectivity index (χ4v) is 1.16. The van der Waals surface area contributed by atoms with Crippen LogP contribution in [0.2, 0.25) is 0 Å². The van der Waals surface area contributed by atoms with Crippen LogP contribution in [0.3, 0.4) is 0 Å². The highest BCUT2D eigenvalue weighted by Gasteiger charge is 2.06. The van der Waals surface area contributed by atoms with Crippen LogP contribution < -0.4 is 5.32 Å². The zero-order valence-corrected chi connectivity index (χ0v) is 8.27. The second-order valence-electron chi connectivity index (χ2n) is 3.08. The van der Waals surface area contributed by atoms with E-state index in [0.29, 0.717) is 5.82 Å². The Morgan fingerprint density at radius 3 is 2.94 bits per heavy atom. The molecule has 0 fully saturated rings.